The van der Waals surface area contributed by atoms with E-state index in [0.29, 0.717) is 6.04 Å². The first-order valence-corrected chi connectivity index (χ1v) is 7.53. The fourth-order valence-electron chi connectivity index (χ4n) is 2.25. The molecule has 1 heterocycles. The van der Waals surface area contributed by atoms with E-state index in [1.807, 2.05) is 30.9 Å². The van der Waals surface area contributed by atoms with Crippen LogP contribution in [0, 0.1) is 0 Å². The average Bonchev–Trinajstić information content (AvgIpc) is 2.33. The molecular weight excluding hydrogens is 252 g/mol. The number of anilines is 1. The Morgan fingerprint density at radius 1 is 1.53 bits per heavy atom. The second kappa shape index (κ2) is 5.98. The lowest BCUT2D eigenvalue weighted by Crippen LogP contribution is -2.41. The van der Waals surface area contributed by atoms with Gasteiger partial charge in [0.05, 0.1) is 0 Å². The van der Waals surface area contributed by atoms with Crippen LogP contribution in [0.5, 0.6) is 0 Å². The number of benzene rings is 1. The Hall–Kier alpha value is -0.380. The molecular formula is C13H19ClN2S. The lowest BCUT2D eigenvalue weighted by molar-refractivity contribution is 0.691. The summed E-state index contributed by atoms with van der Waals surface area (Å²) in [5.41, 5.74) is 2.51. The van der Waals surface area contributed by atoms with Crippen LogP contribution in [-0.2, 0) is 6.54 Å². The number of nitrogens with one attached hydrogen (secondary N) is 1. The molecule has 1 aromatic carbocycles. The number of hydrogen-bond acceptors (Lipinski definition) is 3. The maximum Gasteiger partial charge on any atom is 0.0471 e. The van der Waals surface area contributed by atoms with Gasteiger partial charge in [-0.1, -0.05) is 17.7 Å². The van der Waals surface area contributed by atoms with Gasteiger partial charge in [-0.25, -0.2) is 0 Å². The minimum atomic E-state index is 0.586. The van der Waals surface area contributed by atoms with Crippen LogP contribution in [0.15, 0.2) is 18.2 Å². The molecule has 0 saturated carbocycles. The van der Waals surface area contributed by atoms with E-state index < -0.39 is 0 Å². The minimum absolute atomic E-state index is 0.586. The van der Waals surface area contributed by atoms with Gasteiger partial charge in [0, 0.05) is 46.9 Å². The highest BCUT2D eigenvalue weighted by Crippen LogP contribution is 2.31. The lowest BCUT2D eigenvalue weighted by atomic mass is 10.1. The van der Waals surface area contributed by atoms with E-state index >= 15 is 0 Å². The van der Waals surface area contributed by atoms with Crippen molar-refractivity contribution < 1.29 is 0 Å². The summed E-state index contributed by atoms with van der Waals surface area (Å²) >= 11 is 8.34. The Balaban J connectivity index is 2.32. The molecule has 0 aliphatic carbocycles. The number of hydrogen-bond donors (Lipinski definition) is 1. The molecule has 0 aromatic heterocycles. The van der Waals surface area contributed by atoms with E-state index in [-0.39, 0.29) is 0 Å². The van der Waals surface area contributed by atoms with Gasteiger partial charge in [0.15, 0.2) is 0 Å². The van der Waals surface area contributed by atoms with Gasteiger partial charge in [0.1, 0.15) is 0 Å². The first kappa shape index (κ1) is 13.1. The number of halogens is 1. The number of nitrogens with zero attached hydrogens (tertiary/aromatic N) is 1. The highest BCUT2D eigenvalue weighted by Gasteiger charge is 2.21. The second-order valence-corrected chi connectivity index (χ2v) is 5.94. The van der Waals surface area contributed by atoms with Crippen LogP contribution in [0.4, 0.5) is 5.69 Å². The Morgan fingerprint density at radius 3 is 3.06 bits per heavy atom. The molecule has 0 radical (unpaired) electrons. The van der Waals surface area contributed by atoms with E-state index in [1.54, 1.807) is 0 Å². The molecule has 1 aromatic rings. The summed E-state index contributed by atoms with van der Waals surface area (Å²) in [7, 11) is 1.96. The molecule has 2 rings (SSSR count). The predicted octanol–water partition coefficient (Wildman–Crippen LogP) is 3.00. The molecule has 1 unspecified atom stereocenters. The van der Waals surface area contributed by atoms with E-state index in [2.05, 4.69) is 23.2 Å². The maximum absolute atomic E-state index is 6.30. The van der Waals surface area contributed by atoms with Gasteiger partial charge >= 0.3 is 0 Å². The summed E-state index contributed by atoms with van der Waals surface area (Å²) < 4.78 is 0. The number of thioether (sulfide) groups is 1. The zero-order chi connectivity index (χ0) is 12.3. The summed E-state index contributed by atoms with van der Waals surface area (Å²) in [6, 6.07) is 6.79. The summed E-state index contributed by atoms with van der Waals surface area (Å²) in [5.74, 6) is 2.40. The van der Waals surface area contributed by atoms with Crippen LogP contribution in [0.2, 0.25) is 5.02 Å². The van der Waals surface area contributed by atoms with Gasteiger partial charge in [-0.05, 0) is 26.1 Å². The molecule has 4 heteroatoms. The van der Waals surface area contributed by atoms with E-state index in [9.17, 15) is 0 Å². The third-order valence-corrected chi connectivity index (χ3v) is 4.67. The monoisotopic (exact) mass is 270 g/mol. The molecule has 1 saturated heterocycles. The fourth-order valence-corrected chi connectivity index (χ4v) is 3.50. The third kappa shape index (κ3) is 2.90. The van der Waals surface area contributed by atoms with E-state index in [1.165, 1.54) is 22.8 Å². The van der Waals surface area contributed by atoms with Crippen molar-refractivity contribution in [3.05, 3.63) is 28.8 Å². The zero-order valence-corrected chi connectivity index (χ0v) is 11.9. The highest BCUT2D eigenvalue weighted by molar-refractivity contribution is 7.99. The van der Waals surface area contributed by atoms with Gasteiger partial charge < -0.3 is 10.2 Å². The van der Waals surface area contributed by atoms with Crippen LogP contribution < -0.4 is 10.2 Å². The van der Waals surface area contributed by atoms with E-state index in [0.717, 1.165) is 18.1 Å². The van der Waals surface area contributed by atoms with Crippen LogP contribution >= 0.6 is 23.4 Å². The minimum Gasteiger partial charge on any atom is -0.367 e. The number of rotatable bonds is 3. The predicted molar refractivity (Wildman–Crippen MR) is 78.3 cm³/mol. The molecule has 0 amide bonds. The highest BCUT2D eigenvalue weighted by atomic mass is 35.5. The van der Waals surface area contributed by atoms with Gasteiger partial charge in [-0.15, -0.1) is 0 Å². The molecule has 2 nitrogen and oxygen atoms in total. The molecule has 94 valence electrons. The molecule has 0 bridgehead atoms. The summed E-state index contributed by atoms with van der Waals surface area (Å²) in [5, 5.41) is 4.07. The Morgan fingerprint density at radius 2 is 2.35 bits per heavy atom. The molecule has 17 heavy (non-hydrogen) atoms. The molecule has 1 aliphatic rings. The zero-order valence-electron chi connectivity index (χ0n) is 10.4. The Labute approximate surface area is 113 Å². The fraction of sp³-hybridized carbons (Fsp3) is 0.538. The first-order valence-electron chi connectivity index (χ1n) is 6.00. The second-order valence-electron chi connectivity index (χ2n) is 4.39. The van der Waals surface area contributed by atoms with Crippen molar-refractivity contribution in [3.63, 3.8) is 0 Å². The maximum atomic E-state index is 6.30. The van der Waals surface area contributed by atoms with Crippen molar-refractivity contribution in [2.24, 2.45) is 0 Å². The first-order chi connectivity index (χ1) is 8.24. The van der Waals surface area contributed by atoms with Crippen LogP contribution in [0.25, 0.3) is 0 Å². The third-order valence-electron chi connectivity index (χ3n) is 3.12. The molecule has 0 spiro atoms. The van der Waals surface area contributed by atoms with Crippen molar-refractivity contribution in [1.29, 1.82) is 0 Å². The quantitative estimate of drug-likeness (QED) is 0.909. The Bertz CT molecular complexity index is 384. The SMILES string of the molecule is CNCc1c(Cl)cccc1N1CCSCC1C. The van der Waals surface area contributed by atoms with Crippen LogP contribution in [0.1, 0.15) is 12.5 Å². The van der Waals surface area contributed by atoms with Crippen molar-refractivity contribution in [3.8, 4) is 0 Å². The van der Waals surface area contributed by atoms with Crippen molar-refractivity contribution in [1.82, 2.24) is 5.32 Å². The summed E-state index contributed by atoms with van der Waals surface area (Å²) in [6.45, 7) is 4.23. The average molecular weight is 271 g/mol. The van der Waals surface area contributed by atoms with E-state index in [4.69, 9.17) is 11.6 Å². The smallest absolute Gasteiger partial charge is 0.0471 e. The van der Waals surface area contributed by atoms with Crippen molar-refractivity contribution in [2.45, 2.75) is 19.5 Å². The normalized spacial score (nSPS) is 20.6. The lowest BCUT2D eigenvalue weighted by Gasteiger charge is -2.36. The van der Waals surface area contributed by atoms with Gasteiger partial charge in [0.2, 0.25) is 0 Å². The topological polar surface area (TPSA) is 15.3 Å². The molecule has 1 fully saturated rings. The van der Waals surface area contributed by atoms with Crippen molar-refractivity contribution in [2.75, 3.05) is 30.0 Å². The summed E-state index contributed by atoms with van der Waals surface area (Å²) in [4.78, 5) is 2.48. The standard InChI is InChI=1S/C13H19ClN2S/c1-10-9-17-7-6-16(10)13-5-3-4-12(14)11(13)8-15-2/h3-5,10,15H,6-9H2,1-2H3. The molecule has 1 atom stereocenters. The van der Waals surface area contributed by atoms with Crippen LogP contribution in [0.3, 0.4) is 0 Å². The van der Waals surface area contributed by atoms with Crippen LogP contribution in [-0.4, -0.2) is 31.1 Å². The van der Waals surface area contributed by atoms with Gasteiger partial charge in [0.25, 0.3) is 0 Å². The Kier molecular flexibility index (Phi) is 4.60. The van der Waals surface area contributed by atoms with Crippen molar-refractivity contribution >= 4 is 29.1 Å². The molecule has 1 aliphatic heterocycles. The largest absolute Gasteiger partial charge is 0.367 e. The van der Waals surface area contributed by atoms with Gasteiger partial charge in [-0.3, -0.25) is 0 Å². The molecule has 1 N–H and O–H groups in total. The summed E-state index contributed by atoms with van der Waals surface area (Å²) in [6.07, 6.45) is 0. The van der Waals surface area contributed by atoms with Gasteiger partial charge in [-0.2, -0.15) is 11.8 Å².